The molecule has 0 aliphatic heterocycles. The van der Waals surface area contributed by atoms with E-state index in [2.05, 4.69) is 15.6 Å². The van der Waals surface area contributed by atoms with Crippen molar-refractivity contribution in [2.45, 2.75) is 38.9 Å². The standard InChI is InChI=1S/C18H26F3N3O.HI/c1-3-25-10-9-17(7-8-17)13-24-16(22-2)23-12-14-5-4-6-15(11-14)18(19,20)21;/h4-6,11H,3,7-10,12-13H2,1-2H3,(H2,22,23,24);1H. The molecule has 0 unspecified atom stereocenters. The summed E-state index contributed by atoms with van der Waals surface area (Å²) in [6, 6.07) is 5.32. The number of halogens is 4. The lowest BCUT2D eigenvalue weighted by Gasteiger charge is -2.18. The van der Waals surface area contributed by atoms with Crippen molar-refractivity contribution >= 4 is 29.9 Å². The van der Waals surface area contributed by atoms with Gasteiger partial charge in [-0.1, -0.05) is 12.1 Å². The van der Waals surface area contributed by atoms with E-state index in [1.54, 1.807) is 13.1 Å². The topological polar surface area (TPSA) is 45.6 Å². The minimum Gasteiger partial charge on any atom is -0.382 e. The number of aliphatic imine (C=N–C) groups is 1. The van der Waals surface area contributed by atoms with Gasteiger partial charge in [0.25, 0.3) is 0 Å². The molecular weight excluding hydrogens is 458 g/mol. The fraction of sp³-hybridized carbons (Fsp3) is 0.611. The smallest absolute Gasteiger partial charge is 0.382 e. The number of nitrogens with zero attached hydrogens (tertiary/aromatic N) is 1. The Kier molecular flexibility index (Phi) is 9.15. The summed E-state index contributed by atoms with van der Waals surface area (Å²) < 4.78 is 43.7. The van der Waals surface area contributed by atoms with Crippen LogP contribution in [0.4, 0.5) is 13.2 Å². The summed E-state index contributed by atoms with van der Waals surface area (Å²) in [6.45, 7) is 4.55. The molecule has 0 spiro atoms. The average Bonchev–Trinajstić information content (AvgIpc) is 3.35. The molecule has 1 aliphatic carbocycles. The Bertz CT molecular complexity index is 589. The SMILES string of the molecule is CCOCCC1(CNC(=NC)NCc2cccc(C(F)(F)F)c2)CC1.I. The van der Waals surface area contributed by atoms with Crippen LogP contribution < -0.4 is 10.6 Å². The molecular formula is C18H27F3IN3O. The Balaban J connectivity index is 0.00000338. The molecule has 8 heteroatoms. The highest BCUT2D eigenvalue weighted by Gasteiger charge is 2.41. The number of alkyl halides is 3. The van der Waals surface area contributed by atoms with E-state index in [1.807, 2.05) is 6.92 Å². The van der Waals surface area contributed by atoms with Crippen LogP contribution in [0.2, 0.25) is 0 Å². The number of ether oxygens (including phenoxy) is 1. The van der Waals surface area contributed by atoms with Crippen LogP contribution in [0.1, 0.15) is 37.3 Å². The molecule has 0 heterocycles. The van der Waals surface area contributed by atoms with Gasteiger partial charge in [0.1, 0.15) is 0 Å². The summed E-state index contributed by atoms with van der Waals surface area (Å²) in [4.78, 5) is 4.14. The minimum atomic E-state index is -4.32. The van der Waals surface area contributed by atoms with Crippen LogP contribution in [0, 0.1) is 5.41 Å². The summed E-state index contributed by atoms with van der Waals surface area (Å²) in [7, 11) is 1.65. The number of rotatable bonds is 8. The molecule has 1 aliphatic rings. The minimum absolute atomic E-state index is 0. The molecule has 0 radical (unpaired) electrons. The van der Waals surface area contributed by atoms with Gasteiger partial charge in [-0.3, -0.25) is 4.99 Å². The van der Waals surface area contributed by atoms with E-state index in [1.165, 1.54) is 6.07 Å². The Morgan fingerprint density at radius 2 is 2.00 bits per heavy atom. The van der Waals surface area contributed by atoms with Crippen LogP contribution >= 0.6 is 24.0 Å². The molecule has 0 saturated heterocycles. The molecule has 1 fully saturated rings. The molecule has 4 nitrogen and oxygen atoms in total. The molecule has 2 rings (SSSR count). The molecule has 1 aromatic carbocycles. The van der Waals surface area contributed by atoms with E-state index < -0.39 is 11.7 Å². The quantitative estimate of drug-likeness (QED) is 0.251. The first-order valence-electron chi connectivity index (χ1n) is 8.57. The van der Waals surface area contributed by atoms with Gasteiger partial charge in [0.05, 0.1) is 5.56 Å². The molecule has 0 aromatic heterocycles. The first-order chi connectivity index (χ1) is 11.9. The number of hydrogen-bond acceptors (Lipinski definition) is 2. The molecule has 1 saturated carbocycles. The van der Waals surface area contributed by atoms with Gasteiger partial charge in [0.2, 0.25) is 0 Å². The Morgan fingerprint density at radius 3 is 2.58 bits per heavy atom. The lowest BCUT2D eigenvalue weighted by Crippen LogP contribution is -2.40. The molecule has 148 valence electrons. The van der Waals surface area contributed by atoms with E-state index in [4.69, 9.17) is 4.74 Å². The van der Waals surface area contributed by atoms with Crippen LogP contribution in [0.5, 0.6) is 0 Å². The molecule has 0 atom stereocenters. The fourth-order valence-electron chi connectivity index (χ4n) is 2.66. The molecule has 0 amide bonds. The van der Waals surface area contributed by atoms with Crippen molar-refractivity contribution in [2.24, 2.45) is 10.4 Å². The zero-order valence-corrected chi connectivity index (χ0v) is 17.5. The van der Waals surface area contributed by atoms with Crippen LogP contribution in [0.3, 0.4) is 0 Å². The van der Waals surface area contributed by atoms with Crippen molar-refractivity contribution in [3.63, 3.8) is 0 Å². The monoisotopic (exact) mass is 485 g/mol. The molecule has 2 N–H and O–H groups in total. The second-order valence-electron chi connectivity index (χ2n) is 6.42. The largest absolute Gasteiger partial charge is 0.416 e. The lowest BCUT2D eigenvalue weighted by atomic mass is 10.0. The van der Waals surface area contributed by atoms with E-state index in [9.17, 15) is 13.2 Å². The maximum absolute atomic E-state index is 12.8. The van der Waals surface area contributed by atoms with E-state index in [0.717, 1.165) is 51.2 Å². The first kappa shape index (κ1) is 23.0. The first-order valence-corrected chi connectivity index (χ1v) is 8.57. The average molecular weight is 485 g/mol. The summed E-state index contributed by atoms with van der Waals surface area (Å²) in [5.74, 6) is 0.597. The fourth-order valence-corrected chi connectivity index (χ4v) is 2.66. The highest BCUT2D eigenvalue weighted by atomic mass is 127. The third-order valence-corrected chi connectivity index (χ3v) is 4.51. The van der Waals surface area contributed by atoms with Gasteiger partial charge in [-0.25, -0.2) is 0 Å². The predicted octanol–water partition coefficient (Wildman–Crippen LogP) is 4.20. The summed E-state index contributed by atoms with van der Waals surface area (Å²) >= 11 is 0. The third-order valence-electron chi connectivity index (χ3n) is 4.51. The second kappa shape index (κ2) is 10.3. The zero-order valence-electron chi connectivity index (χ0n) is 15.2. The van der Waals surface area contributed by atoms with Crippen LogP contribution in [-0.4, -0.2) is 32.8 Å². The van der Waals surface area contributed by atoms with Gasteiger partial charge in [0.15, 0.2) is 5.96 Å². The van der Waals surface area contributed by atoms with Gasteiger partial charge in [-0.15, -0.1) is 24.0 Å². The van der Waals surface area contributed by atoms with Gasteiger partial charge in [-0.2, -0.15) is 13.2 Å². The van der Waals surface area contributed by atoms with Gasteiger partial charge in [-0.05, 0) is 49.3 Å². The number of hydrogen-bond donors (Lipinski definition) is 2. The number of benzene rings is 1. The normalized spacial score (nSPS) is 16.0. The van der Waals surface area contributed by atoms with E-state index in [-0.39, 0.29) is 35.9 Å². The van der Waals surface area contributed by atoms with Crippen molar-refractivity contribution in [1.82, 2.24) is 10.6 Å². The number of nitrogens with one attached hydrogen (secondary N) is 2. The van der Waals surface area contributed by atoms with Gasteiger partial charge in [0, 0.05) is 33.4 Å². The lowest BCUT2D eigenvalue weighted by molar-refractivity contribution is -0.137. The van der Waals surface area contributed by atoms with Crippen LogP contribution in [0.25, 0.3) is 0 Å². The highest BCUT2D eigenvalue weighted by Crippen LogP contribution is 2.48. The molecule has 26 heavy (non-hydrogen) atoms. The van der Waals surface area contributed by atoms with E-state index in [0.29, 0.717) is 11.5 Å². The van der Waals surface area contributed by atoms with E-state index >= 15 is 0 Å². The van der Waals surface area contributed by atoms with Crippen molar-refractivity contribution in [2.75, 3.05) is 26.8 Å². The van der Waals surface area contributed by atoms with Crippen LogP contribution in [-0.2, 0) is 17.5 Å². The van der Waals surface area contributed by atoms with Crippen molar-refractivity contribution in [3.05, 3.63) is 35.4 Å². The molecule has 0 bridgehead atoms. The molecule has 1 aromatic rings. The third kappa shape index (κ3) is 7.30. The summed E-state index contributed by atoms with van der Waals surface area (Å²) in [5.41, 5.74) is 0.195. The predicted molar refractivity (Wildman–Crippen MR) is 108 cm³/mol. The Labute approximate surface area is 170 Å². The van der Waals surface area contributed by atoms with Crippen molar-refractivity contribution < 1.29 is 17.9 Å². The Hall–Kier alpha value is -1.03. The summed E-state index contributed by atoms with van der Waals surface area (Å²) in [5, 5.41) is 6.35. The van der Waals surface area contributed by atoms with Crippen molar-refractivity contribution in [3.8, 4) is 0 Å². The highest BCUT2D eigenvalue weighted by molar-refractivity contribution is 14.0. The van der Waals surface area contributed by atoms with Gasteiger partial charge < -0.3 is 15.4 Å². The maximum atomic E-state index is 12.8. The zero-order chi connectivity index (χ0) is 18.3. The number of guanidine groups is 1. The van der Waals surface area contributed by atoms with Crippen LogP contribution in [0.15, 0.2) is 29.3 Å². The second-order valence-corrected chi connectivity index (χ2v) is 6.42. The maximum Gasteiger partial charge on any atom is 0.416 e. The van der Waals surface area contributed by atoms with Crippen molar-refractivity contribution in [1.29, 1.82) is 0 Å². The Morgan fingerprint density at radius 1 is 1.27 bits per heavy atom. The summed E-state index contributed by atoms with van der Waals surface area (Å²) in [6.07, 6.45) is -0.983. The van der Waals surface area contributed by atoms with Gasteiger partial charge >= 0.3 is 6.18 Å².